The fourth-order valence-electron chi connectivity index (χ4n) is 1.23. The minimum absolute atomic E-state index is 0.308. The summed E-state index contributed by atoms with van der Waals surface area (Å²) in [5, 5.41) is 9.61. The van der Waals surface area contributed by atoms with E-state index in [0.717, 1.165) is 0 Å². The maximum absolute atomic E-state index is 13.1. The van der Waals surface area contributed by atoms with Crippen LogP contribution in [0.15, 0.2) is 18.2 Å². The predicted molar refractivity (Wildman–Crippen MR) is 49.7 cm³/mol. The van der Waals surface area contributed by atoms with Gasteiger partial charge in [-0.2, -0.15) is 0 Å². The van der Waals surface area contributed by atoms with Crippen LogP contribution < -0.4 is 5.73 Å². The van der Waals surface area contributed by atoms with Crippen molar-refractivity contribution in [2.75, 3.05) is 0 Å². The number of hydrogen-bond acceptors (Lipinski definition) is 2. The Bertz CT molecular complexity index is 299. The molecule has 2 nitrogen and oxygen atoms in total. The lowest BCUT2D eigenvalue weighted by molar-refractivity contribution is 0.152. The molecule has 0 bridgehead atoms. The van der Waals surface area contributed by atoms with E-state index in [1.807, 2.05) is 0 Å². The topological polar surface area (TPSA) is 46.2 Å². The highest BCUT2D eigenvalue weighted by molar-refractivity contribution is 5.29. The van der Waals surface area contributed by atoms with E-state index in [-0.39, 0.29) is 11.9 Å². The molecule has 0 aliphatic rings. The van der Waals surface area contributed by atoms with Gasteiger partial charge in [0, 0.05) is 6.04 Å². The third-order valence-corrected chi connectivity index (χ3v) is 2.13. The molecule has 3 N–H and O–H groups in total. The molecular weight excluding hydrogens is 169 g/mol. The van der Waals surface area contributed by atoms with Gasteiger partial charge in [-0.15, -0.1) is 0 Å². The quantitative estimate of drug-likeness (QED) is 0.730. The molecule has 0 amide bonds. The lowest BCUT2D eigenvalue weighted by Gasteiger charge is -2.17. The van der Waals surface area contributed by atoms with Crippen LogP contribution in [0.4, 0.5) is 4.39 Å². The molecule has 3 heteroatoms. The van der Waals surface area contributed by atoms with Crippen LogP contribution in [0.1, 0.15) is 24.2 Å². The van der Waals surface area contributed by atoms with Crippen LogP contribution in [0.25, 0.3) is 0 Å². The highest BCUT2D eigenvalue weighted by atomic mass is 19.1. The number of nitrogens with two attached hydrogens (primary N) is 1. The molecule has 0 saturated heterocycles. The lowest BCUT2D eigenvalue weighted by Crippen LogP contribution is -2.25. The first-order valence-electron chi connectivity index (χ1n) is 4.22. The fourth-order valence-corrected chi connectivity index (χ4v) is 1.23. The standard InChI is InChI=1S/C10H14FNO/c1-6-8(10(13)7(2)12)4-3-5-9(6)11/h3-5,7,10,13H,12H2,1-2H3/t7-,10+/m0/s1. The number of halogens is 1. The van der Waals surface area contributed by atoms with Crippen molar-refractivity contribution < 1.29 is 9.50 Å². The number of rotatable bonds is 2. The average molecular weight is 183 g/mol. The summed E-state index contributed by atoms with van der Waals surface area (Å²) in [7, 11) is 0. The van der Waals surface area contributed by atoms with Gasteiger partial charge in [-0.05, 0) is 31.0 Å². The van der Waals surface area contributed by atoms with Crippen LogP contribution in [-0.2, 0) is 0 Å². The molecule has 0 aliphatic carbocycles. The fraction of sp³-hybridized carbons (Fsp3) is 0.400. The third-order valence-electron chi connectivity index (χ3n) is 2.13. The van der Waals surface area contributed by atoms with Gasteiger partial charge in [-0.25, -0.2) is 4.39 Å². The van der Waals surface area contributed by atoms with Gasteiger partial charge in [0.05, 0.1) is 6.10 Å². The van der Waals surface area contributed by atoms with Crippen molar-refractivity contribution in [1.29, 1.82) is 0 Å². The zero-order valence-corrected chi connectivity index (χ0v) is 7.79. The van der Waals surface area contributed by atoms with Gasteiger partial charge in [0.1, 0.15) is 5.82 Å². The molecule has 0 aromatic heterocycles. The Labute approximate surface area is 77.2 Å². The normalized spacial score (nSPS) is 15.5. The maximum atomic E-state index is 13.1. The van der Waals surface area contributed by atoms with Crippen LogP contribution >= 0.6 is 0 Å². The van der Waals surface area contributed by atoms with Gasteiger partial charge >= 0.3 is 0 Å². The molecule has 0 fully saturated rings. The second-order valence-electron chi connectivity index (χ2n) is 3.26. The molecule has 0 saturated carbocycles. The summed E-state index contributed by atoms with van der Waals surface area (Å²) in [6, 6.07) is 4.24. The molecule has 1 aromatic carbocycles. The SMILES string of the molecule is Cc1c(F)cccc1[C@H](O)[C@H](C)N. The smallest absolute Gasteiger partial charge is 0.126 e. The summed E-state index contributed by atoms with van der Waals surface area (Å²) in [5.74, 6) is -0.308. The van der Waals surface area contributed by atoms with Crippen molar-refractivity contribution in [2.24, 2.45) is 5.73 Å². The van der Waals surface area contributed by atoms with Crippen LogP contribution in [0.5, 0.6) is 0 Å². The van der Waals surface area contributed by atoms with Gasteiger partial charge < -0.3 is 10.8 Å². The zero-order chi connectivity index (χ0) is 10.0. The van der Waals surface area contributed by atoms with Crippen molar-refractivity contribution in [3.63, 3.8) is 0 Å². The highest BCUT2D eigenvalue weighted by Gasteiger charge is 2.15. The largest absolute Gasteiger partial charge is 0.387 e. The molecule has 0 spiro atoms. The van der Waals surface area contributed by atoms with Gasteiger partial charge in [0.15, 0.2) is 0 Å². The molecule has 0 heterocycles. The Morgan fingerprint density at radius 2 is 2.08 bits per heavy atom. The highest BCUT2D eigenvalue weighted by Crippen LogP contribution is 2.21. The number of benzene rings is 1. The van der Waals surface area contributed by atoms with Crippen LogP contribution in [0.3, 0.4) is 0 Å². The van der Waals surface area contributed by atoms with E-state index >= 15 is 0 Å². The van der Waals surface area contributed by atoms with E-state index in [0.29, 0.717) is 11.1 Å². The van der Waals surface area contributed by atoms with E-state index in [1.54, 1.807) is 26.0 Å². The Kier molecular flexibility index (Phi) is 3.01. The van der Waals surface area contributed by atoms with Gasteiger partial charge in [0.25, 0.3) is 0 Å². The number of aliphatic hydroxyl groups excluding tert-OH is 1. The van der Waals surface area contributed by atoms with E-state index < -0.39 is 6.10 Å². The van der Waals surface area contributed by atoms with Crippen LogP contribution in [0.2, 0.25) is 0 Å². The molecule has 0 aliphatic heterocycles. The van der Waals surface area contributed by atoms with Crippen LogP contribution in [0, 0.1) is 12.7 Å². The minimum atomic E-state index is -0.796. The Morgan fingerprint density at radius 1 is 1.46 bits per heavy atom. The predicted octanol–water partition coefficient (Wildman–Crippen LogP) is 1.51. The van der Waals surface area contributed by atoms with Gasteiger partial charge in [-0.3, -0.25) is 0 Å². The third kappa shape index (κ3) is 2.05. The first-order chi connectivity index (χ1) is 6.04. The van der Waals surface area contributed by atoms with Gasteiger partial charge in [-0.1, -0.05) is 12.1 Å². The summed E-state index contributed by atoms with van der Waals surface area (Å²) < 4.78 is 13.1. The Morgan fingerprint density at radius 3 is 2.62 bits per heavy atom. The zero-order valence-electron chi connectivity index (χ0n) is 7.79. The number of aliphatic hydroxyl groups is 1. The summed E-state index contributed by atoms with van der Waals surface area (Å²) >= 11 is 0. The van der Waals surface area contributed by atoms with Gasteiger partial charge in [0.2, 0.25) is 0 Å². The molecule has 1 aromatic rings. The number of hydrogen-bond donors (Lipinski definition) is 2. The molecular formula is C10H14FNO. The van der Waals surface area contributed by atoms with Crippen molar-refractivity contribution in [2.45, 2.75) is 26.0 Å². The van der Waals surface area contributed by atoms with E-state index in [2.05, 4.69) is 0 Å². The summed E-state index contributed by atoms with van der Waals surface area (Å²) in [4.78, 5) is 0. The van der Waals surface area contributed by atoms with Crippen molar-refractivity contribution in [1.82, 2.24) is 0 Å². The van der Waals surface area contributed by atoms with Crippen LogP contribution in [-0.4, -0.2) is 11.1 Å². The first kappa shape index (κ1) is 10.2. The molecule has 2 atom stereocenters. The minimum Gasteiger partial charge on any atom is -0.387 e. The summed E-state index contributed by atoms with van der Waals surface area (Å²) in [6.07, 6.45) is -0.796. The summed E-state index contributed by atoms with van der Waals surface area (Å²) in [5.41, 5.74) is 6.54. The monoisotopic (exact) mass is 183 g/mol. The lowest BCUT2D eigenvalue weighted by atomic mass is 9.99. The molecule has 13 heavy (non-hydrogen) atoms. The second-order valence-corrected chi connectivity index (χ2v) is 3.26. The molecule has 72 valence electrons. The average Bonchev–Trinajstić information content (AvgIpc) is 2.08. The van der Waals surface area contributed by atoms with E-state index in [4.69, 9.17) is 5.73 Å². The molecule has 0 radical (unpaired) electrons. The van der Waals surface area contributed by atoms with E-state index in [9.17, 15) is 9.50 Å². The Balaban J connectivity index is 3.07. The maximum Gasteiger partial charge on any atom is 0.126 e. The molecule has 0 unspecified atom stereocenters. The van der Waals surface area contributed by atoms with Crippen molar-refractivity contribution in [3.8, 4) is 0 Å². The summed E-state index contributed by atoms with van der Waals surface area (Å²) in [6.45, 7) is 3.32. The Hall–Kier alpha value is -0.930. The van der Waals surface area contributed by atoms with Crippen molar-refractivity contribution >= 4 is 0 Å². The first-order valence-corrected chi connectivity index (χ1v) is 4.22. The van der Waals surface area contributed by atoms with E-state index in [1.165, 1.54) is 6.07 Å². The molecule has 1 rings (SSSR count). The van der Waals surface area contributed by atoms with Crippen molar-refractivity contribution in [3.05, 3.63) is 35.1 Å². The second kappa shape index (κ2) is 3.85.